The van der Waals surface area contributed by atoms with Crippen LogP contribution in [0.3, 0.4) is 0 Å². The van der Waals surface area contributed by atoms with Crippen molar-refractivity contribution in [3.05, 3.63) is 35.3 Å². The summed E-state index contributed by atoms with van der Waals surface area (Å²) in [5.41, 5.74) is 0.699. The number of likely N-dealkylation sites (tertiary alicyclic amines) is 1. The SMILES string of the molecule is Cc1nsc(NC2=NCC(C(F)(F)F)N=C2)c1C(=O)Nc1ccc(F)c(OC2CCN(CC(F)F)C2)c1. The number of nitrogens with one attached hydrogen (secondary N) is 2. The van der Waals surface area contributed by atoms with Gasteiger partial charge in [0, 0.05) is 24.8 Å². The van der Waals surface area contributed by atoms with Crippen molar-refractivity contribution < 1.29 is 35.9 Å². The van der Waals surface area contributed by atoms with Gasteiger partial charge in [0.2, 0.25) is 0 Å². The van der Waals surface area contributed by atoms with Crippen LogP contribution in [0, 0.1) is 12.7 Å². The maximum atomic E-state index is 14.3. The van der Waals surface area contributed by atoms with Crippen LogP contribution in [0.15, 0.2) is 28.2 Å². The van der Waals surface area contributed by atoms with Gasteiger partial charge in [-0.2, -0.15) is 17.5 Å². The topological polar surface area (TPSA) is 91.2 Å². The number of amidine groups is 1. The second kappa shape index (κ2) is 11.0. The maximum Gasteiger partial charge on any atom is 0.412 e. The van der Waals surface area contributed by atoms with Crippen LogP contribution >= 0.6 is 11.5 Å². The quantitative estimate of drug-likeness (QED) is 0.501. The van der Waals surface area contributed by atoms with Crippen LogP contribution in [0.2, 0.25) is 0 Å². The van der Waals surface area contributed by atoms with Crippen LogP contribution in [0.5, 0.6) is 5.75 Å². The Hall–Kier alpha value is -3.20. The van der Waals surface area contributed by atoms with E-state index in [1.54, 1.807) is 6.92 Å². The molecule has 2 N–H and O–H groups in total. The Balaban J connectivity index is 1.42. The van der Waals surface area contributed by atoms with E-state index in [1.807, 2.05) is 0 Å². The molecule has 1 amide bonds. The van der Waals surface area contributed by atoms with E-state index in [0.29, 0.717) is 18.7 Å². The minimum Gasteiger partial charge on any atom is -0.486 e. The van der Waals surface area contributed by atoms with Crippen LogP contribution in [-0.4, -0.2) is 78.2 Å². The summed E-state index contributed by atoms with van der Waals surface area (Å²) in [6.07, 6.45) is -6.05. The molecule has 3 heterocycles. The lowest BCUT2D eigenvalue weighted by atomic mass is 10.2. The first-order chi connectivity index (χ1) is 17.5. The Labute approximate surface area is 211 Å². The lowest BCUT2D eigenvalue weighted by molar-refractivity contribution is -0.144. The molecule has 1 fully saturated rings. The van der Waals surface area contributed by atoms with Gasteiger partial charge in [-0.05, 0) is 37.0 Å². The van der Waals surface area contributed by atoms with Gasteiger partial charge in [-0.3, -0.25) is 19.7 Å². The third kappa shape index (κ3) is 6.77. The number of hydrogen-bond donors (Lipinski definition) is 2. The van der Waals surface area contributed by atoms with E-state index in [2.05, 4.69) is 25.0 Å². The summed E-state index contributed by atoms with van der Waals surface area (Å²) < 4.78 is 87.7. The average molecular weight is 549 g/mol. The van der Waals surface area contributed by atoms with Crippen molar-refractivity contribution in [1.29, 1.82) is 0 Å². The van der Waals surface area contributed by atoms with Gasteiger partial charge in [-0.1, -0.05) is 0 Å². The number of ether oxygens (including phenoxy) is 1. The first kappa shape index (κ1) is 26.9. The van der Waals surface area contributed by atoms with Crippen molar-refractivity contribution >= 4 is 40.2 Å². The van der Waals surface area contributed by atoms with E-state index in [0.717, 1.165) is 23.8 Å². The van der Waals surface area contributed by atoms with Crippen molar-refractivity contribution in [2.45, 2.75) is 38.1 Å². The number of amides is 1. The molecule has 0 bridgehead atoms. The van der Waals surface area contributed by atoms with Crippen LogP contribution in [0.25, 0.3) is 0 Å². The summed E-state index contributed by atoms with van der Waals surface area (Å²) in [5, 5.41) is 5.65. The summed E-state index contributed by atoms with van der Waals surface area (Å²) in [7, 11) is 0. The van der Waals surface area contributed by atoms with Gasteiger partial charge in [0.25, 0.3) is 12.3 Å². The summed E-state index contributed by atoms with van der Waals surface area (Å²) in [6, 6.07) is 1.81. The predicted molar refractivity (Wildman–Crippen MR) is 127 cm³/mol. The van der Waals surface area contributed by atoms with E-state index in [9.17, 15) is 31.1 Å². The van der Waals surface area contributed by atoms with Gasteiger partial charge < -0.3 is 15.4 Å². The molecule has 1 saturated heterocycles. The highest BCUT2D eigenvalue weighted by atomic mass is 32.1. The zero-order valence-corrected chi connectivity index (χ0v) is 20.2. The Morgan fingerprint density at radius 2 is 2.11 bits per heavy atom. The van der Waals surface area contributed by atoms with Crippen molar-refractivity contribution in [2.75, 3.05) is 36.8 Å². The number of carbonyl (C=O) groups is 1. The fourth-order valence-electron chi connectivity index (χ4n) is 3.83. The molecule has 1 aromatic carbocycles. The number of carbonyl (C=O) groups excluding carboxylic acids is 1. The summed E-state index contributed by atoms with van der Waals surface area (Å²) >= 11 is 0.917. The molecule has 0 spiro atoms. The van der Waals surface area contributed by atoms with Gasteiger partial charge in [0.05, 0.1) is 30.6 Å². The molecule has 2 unspecified atom stereocenters. The van der Waals surface area contributed by atoms with E-state index in [4.69, 9.17) is 4.74 Å². The number of nitrogens with zero attached hydrogens (tertiary/aromatic N) is 4. The Morgan fingerprint density at radius 1 is 1.32 bits per heavy atom. The molecule has 200 valence electrons. The molecule has 0 saturated carbocycles. The van der Waals surface area contributed by atoms with Crippen molar-refractivity contribution in [2.24, 2.45) is 9.98 Å². The Kier molecular flexibility index (Phi) is 8.02. The lowest BCUT2D eigenvalue weighted by Gasteiger charge is -2.18. The van der Waals surface area contributed by atoms with Gasteiger partial charge >= 0.3 is 6.18 Å². The molecule has 8 nitrogen and oxygen atoms in total. The molecular weight excluding hydrogens is 526 g/mol. The smallest absolute Gasteiger partial charge is 0.412 e. The first-order valence-corrected chi connectivity index (χ1v) is 11.9. The van der Waals surface area contributed by atoms with Crippen molar-refractivity contribution in [3.8, 4) is 5.75 Å². The molecule has 4 rings (SSSR count). The number of rotatable bonds is 7. The fraction of sp³-hybridized carbons (Fsp3) is 0.455. The molecule has 0 radical (unpaired) electrons. The average Bonchev–Trinajstić information content (AvgIpc) is 3.41. The van der Waals surface area contributed by atoms with Gasteiger partial charge in [-0.15, -0.1) is 0 Å². The number of benzene rings is 1. The zero-order valence-electron chi connectivity index (χ0n) is 19.4. The number of aryl methyl sites for hydroxylation is 1. The van der Waals surface area contributed by atoms with Crippen LogP contribution in [0.1, 0.15) is 22.5 Å². The van der Waals surface area contributed by atoms with Crippen molar-refractivity contribution in [1.82, 2.24) is 9.27 Å². The minimum atomic E-state index is -4.50. The number of anilines is 2. The third-order valence-corrected chi connectivity index (χ3v) is 6.48. The second-order valence-electron chi connectivity index (χ2n) is 8.44. The van der Waals surface area contributed by atoms with Crippen LogP contribution in [0.4, 0.5) is 37.0 Å². The minimum absolute atomic E-state index is 0.0492. The van der Waals surface area contributed by atoms with Crippen LogP contribution < -0.4 is 15.4 Å². The first-order valence-electron chi connectivity index (χ1n) is 11.1. The third-order valence-electron chi connectivity index (χ3n) is 5.63. The number of aliphatic imine (C=N–C) groups is 2. The molecule has 0 aliphatic carbocycles. The van der Waals surface area contributed by atoms with E-state index in [1.165, 1.54) is 17.0 Å². The summed E-state index contributed by atoms with van der Waals surface area (Å²) in [6.45, 7) is 1.24. The largest absolute Gasteiger partial charge is 0.486 e. The monoisotopic (exact) mass is 548 g/mol. The molecule has 2 aromatic rings. The van der Waals surface area contributed by atoms with Crippen molar-refractivity contribution in [3.63, 3.8) is 0 Å². The van der Waals surface area contributed by atoms with Gasteiger partial charge in [0.15, 0.2) is 17.6 Å². The Morgan fingerprint density at radius 3 is 2.78 bits per heavy atom. The highest BCUT2D eigenvalue weighted by molar-refractivity contribution is 7.11. The molecule has 2 aliphatic heterocycles. The van der Waals surface area contributed by atoms with Gasteiger partial charge in [0.1, 0.15) is 16.9 Å². The maximum absolute atomic E-state index is 14.3. The molecule has 37 heavy (non-hydrogen) atoms. The second-order valence-corrected chi connectivity index (χ2v) is 9.21. The standard InChI is InChI=1S/C22H22F6N6O2S/c1-11-19(21(37-33-11)32-18-8-29-16(7-30-18)22(26,27)28)20(35)31-12-2-3-14(23)15(6-12)36-13-4-5-34(9-13)10-17(24)25/h2-3,6,8,13,16-17H,4-5,7,9-10H2,1H3,(H,30,32)(H,31,35). The van der Waals surface area contributed by atoms with E-state index >= 15 is 0 Å². The number of hydrogen-bond acceptors (Lipinski definition) is 8. The Bertz CT molecular complexity index is 1200. The molecule has 15 heteroatoms. The molecule has 2 aliphatic rings. The zero-order chi connectivity index (χ0) is 26.7. The highest BCUT2D eigenvalue weighted by Gasteiger charge is 2.40. The number of alkyl halides is 5. The highest BCUT2D eigenvalue weighted by Crippen LogP contribution is 2.29. The summed E-state index contributed by atoms with van der Waals surface area (Å²) in [4.78, 5) is 21.8. The van der Waals surface area contributed by atoms with Crippen LogP contribution in [-0.2, 0) is 0 Å². The van der Waals surface area contributed by atoms with E-state index in [-0.39, 0.29) is 40.9 Å². The normalized spacial score (nSPS) is 20.3. The molecule has 2 atom stereocenters. The fourth-order valence-corrected chi connectivity index (χ4v) is 4.63. The predicted octanol–water partition coefficient (Wildman–Crippen LogP) is 4.39. The lowest BCUT2D eigenvalue weighted by Crippen LogP contribution is -2.34. The number of halogens is 6. The van der Waals surface area contributed by atoms with E-state index < -0.39 is 43.0 Å². The van der Waals surface area contributed by atoms with Gasteiger partial charge in [-0.25, -0.2) is 13.2 Å². The summed E-state index contributed by atoms with van der Waals surface area (Å²) in [5.74, 6) is -1.36. The molecular formula is C22H22F6N6O2S. The number of aromatic nitrogens is 1. The molecule has 1 aromatic heterocycles.